The molecule has 8 heteroatoms. The molecule has 1 heterocycles. The van der Waals surface area contributed by atoms with Crippen molar-refractivity contribution in [2.75, 3.05) is 6.79 Å². The summed E-state index contributed by atoms with van der Waals surface area (Å²) in [7, 11) is -3.89. The molecule has 2 aromatic carbocycles. The summed E-state index contributed by atoms with van der Waals surface area (Å²) >= 11 is 0. The van der Waals surface area contributed by atoms with Gasteiger partial charge in [-0.2, -0.15) is 0 Å². The number of hydrazine groups is 1. The van der Waals surface area contributed by atoms with Gasteiger partial charge in [0, 0.05) is 5.56 Å². The first-order valence-corrected chi connectivity index (χ1v) is 9.06. The molecule has 3 rings (SSSR count). The minimum atomic E-state index is -3.89. The third kappa shape index (κ3) is 3.45. The van der Waals surface area contributed by atoms with Gasteiger partial charge in [-0.1, -0.05) is 17.7 Å². The number of benzene rings is 2. The van der Waals surface area contributed by atoms with Crippen LogP contribution in [0, 0.1) is 20.8 Å². The smallest absolute Gasteiger partial charge is 0.266 e. The van der Waals surface area contributed by atoms with Crippen LogP contribution in [0.15, 0.2) is 35.2 Å². The summed E-state index contributed by atoms with van der Waals surface area (Å²) in [5.41, 5.74) is 4.68. The van der Waals surface area contributed by atoms with E-state index in [4.69, 9.17) is 9.47 Å². The Morgan fingerprint density at radius 3 is 2.32 bits per heavy atom. The molecule has 1 amide bonds. The number of nitrogens with one attached hydrogen (secondary N) is 2. The molecular weight excluding hydrogens is 344 g/mol. The first kappa shape index (κ1) is 17.2. The Hall–Kier alpha value is -2.58. The van der Waals surface area contributed by atoms with E-state index in [9.17, 15) is 13.2 Å². The van der Waals surface area contributed by atoms with Crippen LogP contribution in [-0.2, 0) is 10.0 Å². The first-order chi connectivity index (χ1) is 11.8. The molecule has 0 bridgehead atoms. The highest BCUT2D eigenvalue weighted by Crippen LogP contribution is 2.32. The van der Waals surface area contributed by atoms with Crippen molar-refractivity contribution in [1.82, 2.24) is 10.3 Å². The molecule has 0 spiro atoms. The van der Waals surface area contributed by atoms with Crippen molar-refractivity contribution in [3.05, 3.63) is 52.6 Å². The Kier molecular flexibility index (Phi) is 4.40. The van der Waals surface area contributed by atoms with Crippen molar-refractivity contribution in [3.63, 3.8) is 0 Å². The van der Waals surface area contributed by atoms with E-state index in [2.05, 4.69) is 10.3 Å². The number of hydrogen-bond donors (Lipinski definition) is 2. The Labute approximate surface area is 146 Å². The molecule has 1 aliphatic heterocycles. The van der Waals surface area contributed by atoms with Crippen LogP contribution >= 0.6 is 0 Å². The van der Waals surface area contributed by atoms with Gasteiger partial charge in [0.05, 0.1) is 4.90 Å². The second-order valence-electron chi connectivity index (χ2n) is 5.86. The molecule has 0 atom stereocenters. The van der Waals surface area contributed by atoms with Crippen LogP contribution in [0.4, 0.5) is 0 Å². The highest BCUT2D eigenvalue weighted by molar-refractivity contribution is 7.89. The zero-order chi connectivity index (χ0) is 18.2. The number of carbonyl (C=O) groups excluding carboxylic acids is 1. The van der Waals surface area contributed by atoms with Crippen molar-refractivity contribution in [1.29, 1.82) is 0 Å². The highest BCUT2D eigenvalue weighted by Gasteiger charge is 2.22. The van der Waals surface area contributed by atoms with E-state index in [1.807, 2.05) is 6.92 Å². The van der Waals surface area contributed by atoms with Crippen LogP contribution in [0.2, 0.25) is 0 Å². The molecule has 0 fully saturated rings. The molecule has 2 aromatic rings. The minimum Gasteiger partial charge on any atom is -0.454 e. The number of ether oxygens (including phenoxy) is 2. The Bertz CT molecular complexity index is 931. The first-order valence-electron chi connectivity index (χ1n) is 7.57. The van der Waals surface area contributed by atoms with Crippen molar-refractivity contribution in [2.45, 2.75) is 25.7 Å². The van der Waals surface area contributed by atoms with E-state index in [0.29, 0.717) is 22.6 Å². The maximum Gasteiger partial charge on any atom is 0.266 e. The monoisotopic (exact) mass is 362 g/mol. The fraction of sp³-hybridized carbons (Fsp3) is 0.235. The second kappa shape index (κ2) is 6.38. The molecule has 0 unspecified atom stereocenters. The van der Waals surface area contributed by atoms with Crippen LogP contribution < -0.4 is 19.7 Å². The molecule has 0 aliphatic carbocycles. The largest absolute Gasteiger partial charge is 0.454 e. The number of aryl methyl sites for hydroxylation is 3. The van der Waals surface area contributed by atoms with Crippen LogP contribution in [0.1, 0.15) is 27.0 Å². The minimum absolute atomic E-state index is 0.0962. The summed E-state index contributed by atoms with van der Waals surface area (Å²) in [6.45, 7) is 5.42. The molecule has 2 N–H and O–H groups in total. The Morgan fingerprint density at radius 2 is 1.64 bits per heavy atom. The van der Waals surface area contributed by atoms with Gasteiger partial charge in [-0.3, -0.25) is 10.2 Å². The van der Waals surface area contributed by atoms with Gasteiger partial charge in [0.15, 0.2) is 11.5 Å². The maximum absolute atomic E-state index is 12.5. The zero-order valence-corrected chi connectivity index (χ0v) is 14.9. The SMILES string of the molecule is Cc1cc(C)c(S(=O)(=O)NNC(=O)c2ccc3c(c2)OCO3)c(C)c1. The normalized spacial score (nSPS) is 12.9. The lowest BCUT2D eigenvalue weighted by molar-refractivity contribution is 0.0944. The van der Waals surface area contributed by atoms with Gasteiger partial charge in [-0.25, -0.2) is 8.42 Å². The van der Waals surface area contributed by atoms with E-state index >= 15 is 0 Å². The number of amides is 1. The molecular formula is C17H18N2O5S. The number of rotatable bonds is 4. The summed E-state index contributed by atoms with van der Waals surface area (Å²) in [5, 5.41) is 0. The van der Waals surface area contributed by atoms with E-state index in [0.717, 1.165) is 5.56 Å². The predicted molar refractivity (Wildman–Crippen MR) is 91.0 cm³/mol. The van der Waals surface area contributed by atoms with Crippen LogP contribution in [0.3, 0.4) is 0 Å². The quantitative estimate of drug-likeness (QED) is 0.811. The standard InChI is InChI=1S/C17H18N2O5S/c1-10-6-11(2)16(12(3)7-10)25(21,22)19-18-17(20)13-4-5-14-15(8-13)24-9-23-14/h4-8,19H,9H2,1-3H3,(H,18,20). The van der Waals surface area contributed by atoms with E-state index < -0.39 is 15.9 Å². The fourth-order valence-electron chi connectivity index (χ4n) is 2.87. The Balaban J connectivity index is 1.77. The van der Waals surface area contributed by atoms with Gasteiger partial charge in [-0.15, -0.1) is 4.83 Å². The molecule has 1 aliphatic rings. The molecule has 0 saturated heterocycles. The third-order valence-electron chi connectivity index (χ3n) is 3.81. The van der Waals surface area contributed by atoms with Crippen molar-refractivity contribution in [3.8, 4) is 11.5 Å². The Morgan fingerprint density at radius 1 is 1.00 bits per heavy atom. The van der Waals surface area contributed by atoms with E-state index in [1.54, 1.807) is 32.0 Å². The van der Waals surface area contributed by atoms with Gasteiger partial charge in [0.2, 0.25) is 6.79 Å². The van der Waals surface area contributed by atoms with Gasteiger partial charge in [0.25, 0.3) is 15.9 Å². The lowest BCUT2D eigenvalue weighted by atomic mass is 10.1. The number of carbonyl (C=O) groups is 1. The molecule has 0 aromatic heterocycles. The second-order valence-corrected chi connectivity index (χ2v) is 7.47. The van der Waals surface area contributed by atoms with Crippen molar-refractivity contribution >= 4 is 15.9 Å². The van der Waals surface area contributed by atoms with Crippen LogP contribution in [0.25, 0.3) is 0 Å². The van der Waals surface area contributed by atoms with Crippen LogP contribution in [-0.4, -0.2) is 21.1 Å². The highest BCUT2D eigenvalue weighted by atomic mass is 32.2. The van der Waals surface area contributed by atoms with Crippen molar-refractivity contribution in [2.24, 2.45) is 0 Å². The van der Waals surface area contributed by atoms with Gasteiger partial charge < -0.3 is 9.47 Å². The van der Waals surface area contributed by atoms with Gasteiger partial charge in [-0.05, 0) is 50.1 Å². The van der Waals surface area contributed by atoms with E-state index in [1.165, 1.54) is 12.1 Å². The summed E-state index contributed by atoms with van der Waals surface area (Å²) in [6.07, 6.45) is 0. The summed E-state index contributed by atoms with van der Waals surface area (Å²) in [6, 6.07) is 8.18. The van der Waals surface area contributed by atoms with Crippen LogP contribution in [0.5, 0.6) is 11.5 Å². The lowest BCUT2D eigenvalue weighted by Crippen LogP contribution is -2.42. The fourth-order valence-corrected chi connectivity index (χ4v) is 4.16. The molecule has 132 valence electrons. The average Bonchev–Trinajstić information content (AvgIpc) is 2.98. The predicted octanol–water partition coefficient (Wildman–Crippen LogP) is 1.96. The van der Waals surface area contributed by atoms with Crippen molar-refractivity contribution < 1.29 is 22.7 Å². The number of fused-ring (bicyclic) bond motifs is 1. The lowest BCUT2D eigenvalue weighted by Gasteiger charge is -2.13. The van der Waals surface area contributed by atoms with E-state index in [-0.39, 0.29) is 17.3 Å². The molecule has 25 heavy (non-hydrogen) atoms. The number of sulfonamides is 1. The van der Waals surface area contributed by atoms with Gasteiger partial charge in [0.1, 0.15) is 0 Å². The summed E-state index contributed by atoms with van der Waals surface area (Å²) < 4.78 is 35.5. The maximum atomic E-state index is 12.5. The topological polar surface area (TPSA) is 93.7 Å². The zero-order valence-electron chi connectivity index (χ0n) is 14.0. The molecule has 0 saturated carbocycles. The average molecular weight is 362 g/mol. The third-order valence-corrected chi connectivity index (χ3v) is 5.36. The summed E-state index contributed by atoms with van der Waals surface area (Å²) in [4.78, 5) is 14.5. The number of hydrogen-bond acceptors (Lipinski definition) is 5. The molecule has 7 nitrogen and oxygen atoms in total. The van der Waals surface area contributed by atoms with Gasteiger partial charge >= 0.3 is 0 Å². The summed E-state index contributed by atoms with van der Waals surface area (Å²) in [5.74, 6) is 0.396. The molecule has 0 radical (unpaired) electrons.